The summed E-state index contributed by atoms with van der Waals surface area (Å²) in [6, 6.07) is 3.00. The molecule has 10 nitrogen and oxygen atoms in total. The molecule has 4 aromatic rings. The van der Waals surface area contributed by atoms with Crippen LogP contribution in [0.15, 0.2) is 35.1 Å². The Bertz CT molecular complexity index is 1310. The lowest BCUT2D eigenvalue weighted by Gasteiger charge is -2.15. The summed E-state index contributed by atoms with van der Waals surface area (Å²) < 4.78 is 32.8. The van der Waals surface area contributed by atoms with E-state index in [1.54, 1.807) is 18.6 Å². The number of aromatic amines is 1. The molecule has 4 heterocycles. The van der Waals surface area contributed by atoms with Gasteiger partial charge < -0.3 is 14.6 Å². The summed E-state index contributed by atoms with van der Waals surface area (Å²) in [5, 5.41) is 22.4. The minimum Gasteiger partial charge on any atom is -0.403 e. The van der Waals surface area contributed by atoms with Crippen LogP contribution in [0.4, 0.5) is 20.7 Å². The first-order chi connectivity index (χ1) is 16.6. The van der Waals surface area contributed by atoms with Gasteiger partial charge in [0, 0.05) is 37.4 Å². The Morgan fingerprint density at radius 1 is 0.971 bits per heavy atom. The van der Waals surface area contributed by atoms with Crippen molar-refractivity contribution in [1.82, 2.24) is 35.6 Å². The maximum atomic E-state index is 13.5. The highest BCUT2D eigenvalue weighted by Gasteiger charge is 2.58. The summed E-state index contributed by atoms with van der Waals surface area (Å²) in [5.41, 5.74) is 3.25. The van der Waals surface area contributed by atoms with Gasteiger partial charge in [-0.1, -0.05) is 5.10 Å². The fourth-order valence-electron chi connectivity index (χ4n) is 5.36. The Hall–Kier alpha value is -3.96. The van der Waals surface area contributed by atoms with Gasteiger partial charge in [-0.05, 0) is 47.9 Å². The van der Waals surface area contributed by atoms with Gasteiger partial charge in [-0.2, -0.15) is 15.4 Å². The largest absolute Gasteiger partial charge is 0.403 e. The van der Waals surface area contributed by atoms with Crippen molar-refractivity contribution in [2.45, 2.75) is 24.8 Å². The molecule has 3 aliphatic rings. The Kier molecular flexibility index (Phi) is 4.17. The van der Waals surface area contributed by atoms with Crippen LogP contribution in [-0.2, 0) is 12.8 Å². The van der Waals surface area contributed by atoms with E-state index in [4.69, 9.17) is 4.42 Å². The molecule has 7 rings (SSSR count). The highest BCUT2D eigenvalue weighted by Crippen LogP contribution is 2.58. The fraction of sp³-hybridized carbons (Fsp3) is 0.364. The van der Waals surface area contributed by atoms with Crippen molar-refractivity contribution < 1.29 is 13.2 Å². The van der Waals surface area contributed by atoms with Gasteiger partial charge in [0.15, 0.2) is 11.6 Å². The molecule has 2 N–H and O–H groups in total. The van der Waals surface area contributed by atoms with E-state index in [1.165, 1.54) is 12.1 Å². The lowest BCUT2D eigenvalue weighted by molar-refractivity contribution is 0.507. The molecular formula is C22H19F2N9O. The van der Waals surface area contributed by atoms with E-state index >= 15 is 0 Å². The van der Waals surface area contributed by atoms with Gasteiger partial charge in [0.2, 0.25) is 5.95 Å². The van der Waals surface area contributed by atoms with E-state index in [9.17, 15) is 8.78 Å². The summed E-state index contributed by atoms with van der Waals surface area (Å²) in [7, 11) is 0. The van der Waals surface area contributed by atoms with Crippen LogP contribution >= 0.6 is 0 Å². The maximum absolute atomic E-state index is 13.5. The number of rotatable bonds is 5. The highest BCUT2D eigenvalue weighted by atomic mass is 19.2. The predicted octanol–water partition coefficient (Wildman–Crippen LogP) is 2.35. The number of fused-ring (bicyclic) bond motifs is 2. The normalized spacial score (nSPS) is 23.2. The summed E-state index contributed by atoms with van der Waals surface area (Å²) in [6.45, 7) is 1.70. The fourth-order valence-corrected chi connectivity index (χ4v) is 5.36. The standard InChI is InChI=1S/C22H19F2N9O/c23-16-3-10-1-13(2-11(10)4-17(16)24)28-21-25-5-12(6-26-21)20-30-31-22(34-20)33-8-14-15(9-33)19(14)18-7-27-32-29-18/h3-7,13-15,19H,1-2,8-9H2,(H,25,26,28)(H,27,29,32)/t14-,15+,19?. The van der Waals surface area contributed by atoms with Crippen LogP contribution in [0.2, 0.25) is 0 Å². The quantitative estimate of drug-likeness (QED) is 0.459. The van der Waals surface area contributed by atoms with Gasteiger partial charge in [0.25, 0.3) is 5.89 Å². The molecule has 1 unspecified atom stereocenters. The van der Waals surface area contributed by atoms with Crippen LogP contribution in [0.5, 0.6) is 0 Å². The van der Waals surface area contributed by atoms with Crippen LogP contribution in [-0.4, -0.2) is 54.7 Å². The second-order valence-electron chi connectivity index (χ2n) is 9.12. The van der Waals surface area contributed by atoms with Crippen molar-refractivity contribution in [2.75, 3.05) is 23.3 Å². The van der Waals surface area contributed by atoms with E-state index < -0.39 is 11.6 Å². The number of H-pyrrole nitrogens is 1. The molecule has 1 saturated heterocycles. The van der Waals surface area contributed by atoms with Gasteiger partial charge in [-0.25, -0.2) is 18.7 Å². The van der Waals surface area contributed by atoms with E-state index in [0.717, 1.165) is 29.9 Å². The van der Waals surface area contributed by atoms with Crippen molar-refractivity contribution in [3.63, 3.8) is 0 Å². The summed E-state index contributed by atoms with van der Waals surface area (Å²) in [5.74, 6) is 0.666. The number of nitrogens with zero attached hydrogens (tertiary/aromatic N) is 7. The van der Waals surface area contributed by atoms with Crippen LogP contribution in [0.25, 0.3) is 11.5 Å². The number of aromatic nitrogens is 7. The van der Waals surface area contributed by atoms with Crippen LogP contribution < -0.4 is 10.2 Å². The average Bonchev–Trinajstić information content (AvgIpc) is 3.46. The van der Waals surface area contributed by atoms with Gasteiger partial charge in [-0.3, -0.25) is 0 Å². The second kappa shape index (κ2) is 7.27. The lowest BCUT2D eigenvalue weighted by Crippen LogP contribution is -2.23. The van der Waals surface area contributed by atoms with Crippen LogP contribution in [0.1, 0.15) is 22.7 Å². The summed E-state index contributed by atoms with van der Waals surface area (Å²) in [6.07, 6.45) is 6.20. The summed E-state index contributed by atoms with van der Waals surface area (Å²) >= 11 is 0. The van der Waals surface area contributed by atoms with Crippen molar-refractivity contribution in [2.24, 2.45) is 11.8 Å². The van der Waals surface area contributed by atoms with E-state index in [2.05, 4.69) is 45.8 Å². The molecule has 34 heavy (non-hydrogen) atoms. The average molecular weight is 463 g/mol. The predicted molar refractivity (Wildman–Crippen MR) is 115 cm³/mol. The molecule has 0 bridgehead atoms. The van der Waals surface area contributed by atoms with Crippen LogP contribution in [0.3, 0.4) is 0 Å². The third kappa shape index (κ3) is 3.20. The Morgan fingerprint density at radius 2 is 1.68 bits per heavy atom. The number of anilines is 2. The first-order valence-corrected chi connectivity index (χ1v) is 11.1. The van der Waals surface area contributed by atoms with Crippen molar-refractivity contribution in [3.05, 3.63) is 59.2 Å². The van der Waals surface area contributed by atoms with Crippen LogP contribution in [0, 0.1) is 23.5 Å². The zero-order valence-corrected chi connectivity index (χ0v) is 17.8. The molecule has 2 fully saturated rings. The molecule has 1 saturated carbocycles. The molecule has 172 valence electrons. The van der Waals surface area contributed by atoms with Gasteiger partial charge in [-0.15, -0.1) is 5.10 Å². The van der Waals surface area contributed by atoms with Crippen molar-refractivity contribution in [1.29, 1.82) is 0 Å². The number of piperidine rings is 1. The molecule has 0 spiro atoms. The van der Waals surface area contributed by atoms with Gasteiger partial charge in [0.1, 0.15) is 0 Å². The van der Waals surface area contributed by atoms with E-state index in [0.29, 0.717) is 54.0 Å². The number of hydrogen-bond donors (Lipinski definition) is 2. The zero-order chi connectivity index (χ0) is 22.8. The van der Waals surface area contributed by atoms with Gasteiger partial charge >= 0.3 is 6.01 Å². The first kappa shape index (κ1) is 19.5. The van der Waals surface area contributed by atoms with E-state index in [1.807, 2.05) is 0 Å². The molecule has 1 aromatic carbocycles. The summed E-state index contributed by atoms with van der Waals surface area (Å²) in [4.78, 5) is 10.8. The zero-order valence-electron chi connectivity index (χ0n) is 17.8. The minimum atomic E-state index is -0.820. The molecule has 1 aliphatic heterocycles. The smallest absolute Gasteiger partial charge is 0.318 e. The molecule has 12 heteroatoms. The molecule has 3 aromatic heterocycles. The topological polar surface area (TPSA) is 122 Å². The third-order valence-corrected chi connectivity index (χ3v) is 7.06. The number of halogens is 2. The Morgan fingerprint density at radius 3 is 2.32 bits per heavy atom. The van der Waals surface area contributed by atoms with Crippen molar-refractivity contribution in [3.8, 4) is 11.5 Å². The lowest BCUT2D eigenvalue weighted by atomic mass is 10.1. The molecular weight excluding hydrogens is 444 g/mol. The molecule has 0 amide bonds. The minimum absolute atomic E-state index is 0.0280. The highest BCUT2D eigenvalue weighted by molar-refractivity contribution is 5.52. The molecule has 2 aliphatic carbocycles. The van der Waals surface area contributed by atoms with Crippen molar-refractivity contribution >= 4 is 12.0 Å². The second-order valence-corrected chi connectivity index (χ2v) is 9.12. The van der Waals surface area contributed by atoms with E-state index in [-0.39, 0.29) is 6.04 Å². The number of hydrogen-bond acceptors (Lipinski definition) is 9. The number of benzene rings is 1. The number of nitrogens with one attached hydrogen (secondary N) is 2. The maximum Gasteiger partial charge on any atom is 0.318 e. The third-order valence-electron chi connectivity index (χ3n) is 7.06. The van der Waals surface area contributed by atoms with Gasteiger partial charge in [0.05, 0.1) is 17.5 Å². The molecule has 3 atom stereocenters. The molecule has 0 radical (unpaired) electrons. The Balaban J connectivity index is 0.986. The Labute approximate surface area is 191 Å². The first-order valence-electron chi connectivity index (χ1n) is 11.1. The monoisotopic (exact) mass is 463 g/mol. The SMILES string of the molecule is Fc1cc2c(cc1F)CC(Nc1ncc(-c3nnc(N4C[C@@H]5C(c6cn[nH]n6)[C@@H]5C4)o3)cn1)C2.